The fourth-order valence-electron chi connectivity index (χ4n) is 2.53. The maximum absolute atomic E-state index is 12.1. The summed E-state index contributed by atoms with van der Waals surface area (Å²) in [5.41, 5.74) is 2.89. The van der Waals surface area contributed by atoms with Crippen molar-refractivity contribution in [3.05, 3.63) is 70.2 Å². The van der Waals surface area contributed by atoms with E-state index < -0.39 is 0 Å². The van der Waals surface area contributed by atoms with Gasteiger partial charge in [-0.25, -0.2) is 4.98 Å². The first-order valence-corrected chi connectivity index (χ1v) is 9.45. The van der Waals surface area contributed by atoms with Crippen LogP contribution in [0, 0.1) is 6.92 Å². The van der Waals surface area contributed by atoms with Crippen molar-refractivity contribution >= 4 is 28.7 Å². The van der Waals surface area contributed by atoms with Gasteiger partial charge in [0, 0.05) is 23.1 Å². The molecule has 1 amide bonds. The number of amides is 1. The molecule has 28 heavy (non-hydrogen) atoms. The van der Waals surface area contributed by atoms with E-state index >= 15 is 0 Å². The Kier molecular flexibility index (Phi) is 6.39. The van der Waals surface area contributed by atoms with E-state index in [9.17, 15) is 9.59 Å². The molecular weight excluding hydrogens is 376 g/mol. The Labute approximate surface area is 167 Å². The normalized spacial score (nSPS) is 10.4. The number of hydrogen-bond donors (Lipinski definition) is 1. The Morgan fingerprint density at radius 3 is 2.68 bits per heavy atom. The number of aldehydes is 1. The Morgan fingerprint density at radius 1 is 1.18 bits per heavy atom. The van der Waals surface area contributed by atoms with Crippen LogP contribution in [-0.4, -0.2) is 30.9 Å². The van der Waals surface area contributed by atoms with Crippen LogP contribution in [0.5, 0.6) is 11.5 Å². The first kappa shape index (κ1) is 19.6. The maximum Gasteiger partial charge on any atom is 0.264 e. The summed E-state index contributed by atoms with van der Waals surface area (Å²) >= 11 is 1.43. The Bertz CT molecular complexity index is 967. The largest absolute Gasteiger partial charge is 0.493 e. The number of benzene rings is 2. The van der Waals surface area contributed by atoms with Crippen LogP contribution in [0.4, 0.5) is 5.13 Å². The van der Waals surface area contributed by atoms with Crippen molar-refractivity contribution in [2.24, 2.45) is 0 Å². The predicted octanol–water partition coefficient (Wildman–Crippen LogP) is 3.88. The third-order valence-electron chi connectivity index (χ3n) is 3.98. The number of hydrogen-bond acceptors (Lipinski definition) is 6. The molecule has 0 saturated heterocycles. The SMILES string of the molecule is COc1cc(C=O)ccc1OCC(=O)Nc1ncc(Cc2ccc(C)cc2)s1. The highest BCUT2D eigenvalue weighted by molar-refractivity contribution is 7.15. The first-order valence-electron chi connectivity index (χ1n) is 8.63. The summed E-state index contributed by atoms with van der Waals surface area (Å²) in [6.45, 7) is 1.86. The lowest BCUT2D eigenvalue weighted by Gasteiger charge is -2.10. The van der Waals surface area contributed by atoms with Crippen molar-refractivity contribution in [3.63, 3.8) is 0 Å². The fraction of sp³-hybridized carbons (Fsp3) is 0.190. The molecule has 144 valence electrons. The molecule has 0 saturated carbocycles. The average Bonchev–Trinajstić information content (AvgIpc) is 3.14. The van der Waals surface area contributed by atoms with Gasteiger partial charge in [0.05, 0.1) is 7.11 Å². The molecule has 1 aromatic heterocycles. The molecule has 0 radical (unpaired) electrons. The lowest BCUT2D eigenvalue weighted by Crippen LogP contribution is -2.20. The molecule has 0 unspecified atom stereocenters. The van der Waals surface area contributed by atoms with Gasteiger partial charge in [-0.15, -0.1) is 11.3 Å². The number of nitrogens with one attached hydrogen (secondary N) is 1. The predicted molar refractivity (Wildman–Crippen MR) is 109 cm³/mol. The van der Waals surface area contributed by atoms with Gasteiger partial charge >= 0.3 is 0 Å². The van der Waals surface area contributed by atoms with Gasteiger partial charge in [0.2, 0.25) is 0 Å². The zero-order valence-electron chi connectivity index (χ0n) is 15.6. The van der Waals surface area contributed by atoms with Crippen LogP contribution in [-0.2, 0) is 11.2 Å². The smallest absolute Gasteiger partial charge is 0.264 e. The number of nitrogens with zero attached hydrogens (tertiary/aromatic N) is 1. The van der Waals surface area contributed by atoms with Crippen LogP contribution in [0.2, 0.25) is 0 Å². The van der Waals surface area contributed by atoms with Crippen LogP contribution >= 0.6 is 11.3 Å². The molecule has 1 heterocycles. The Balaban J connectivity index is 1.55. The molecule has 3 rings (SSSR count). The topological polar surface area (TPSA) is 77.5 Å². The number of rotatable bonds is 8. The van der Waals surface area contributed by atoms with Crippen LogP contribution in [0.15, 0.2) is 48.7 Å². The monoisotopic (exact) mass is 396 g/mol. The zero-order chi connectivity index (χ0) is 19.9. The molecule has 0 aliphatic rings. The fourth-order valence-corrected chi connectivity index (χ4v) is 3.39. The summed E-state index contributed by atoms with van der Waals surface area (Å²) in [7, 11) is 1.47. The van der Waals surface area contributed by atoms with E-state index in [2.05, 4.69) is 41.5 Å². The van der Waals surface area contributed by atoms with Crippen molar-refractivity contribution in [2.45, 2.75) is 13.3 Å². The van der Waals surface area contributed by atoms with Gasteiger partial charge in [-0.3, -0.25) is 14.9 Å². The molecule has 0 aliphatic carbocycles. The van der Waals surface area contributed by atoms with Crippen LogP contribution in [0.3, 0.4) is 0 Å². The van der Waals surface area contributed by atoms with E-state index in [1.54, 1.807) is 24.4 Å². The molecule has 0 bridgehead atoms. The minimum atomic E-state index is -0.322. The second-order valence-electron chi connectivity index (χ2n) is 6.16. The quantitative estimate of drug-likeness (QED) is 0.585. The first-order chi connectivity index (χ1) is 13.6. The van der Waals surface area contributed by atoms with E-state index in [-0.39, 0.29) is 12.5 Å². The number of carbonyl (C=O) groups excluding carboxylic acids is 2. The van der Waals surface area contributed by atoms with Crippen molar-refractivity contribution in [1.29, 1.82) is 0 Å². The standard InChI is InChI=1S/C21H20N2O4S/c1-14-3-5-15(6-4-14)9-17-11-22-21(28-17)23-20(25)13-27-18-8-7-16(12-24)10-19(18)26-2/h3-8,10-12H,9,13H2,1-2H3,(H,22,23,25). The van der Waals surface area contributed by atoms with Crippen LogP contribution < -0.4 is 14.8 Å². The number of anilines is 1. The number of aryl methyl sites for hydroxylation is 1. The highest BCUT2D eigenvalue weighted by Crippen LogP contribution is 2.27. The van der Waals surface area contributed by atoms with E-state index in [0.717, 1.165) is 17.6 Å². The van der Waals surface area contributed by atoms with E-state index in [1.165, 1.54) is 29.6 Å². The van der Waals surface area contributed by atoms with Gasteiger partial charge in [0.25, 0.3) is 5.91 Å². The van der Waals surface area contributed by atoms with Gasteiger partial charge in [0.1, 0.15) is 6.29 Å². The summed E-state index contributed by atoms with van der Waals surface area (Å²) in [5.74, 6) is 0.465. The number of carbonyl (C=O) groups is 2. The second-order valence-corrected chi connectivity index (χ2v) is 7.27. The molecule has 3 aromatic rings. The van der Waals surface area contributed by atoms with Gasteiger partial charge in [0.15, 0.2) is 23.2 Å². The minimum Gasteiger partial charge on any atom is -0.493 e. The molecule has 0 atom stereocenters. The van der Waals surface area contributed by atoms with E-state index in [1.807, 2.05) is 0 Å². The molecule has 6 nitrogen and oxygen atoms in total. The summed E-state index contributed by atoms with van der Waals surface area (Å²) in [6, 6.07) is 13.1. The summed E-state index contributed by atoms with van der Waals surface area (Å²) in [6.07, 6.45) is 3.25. The third-order valence-corrected chi connectivity index (χ3v) is 4.89. The number of thiazole rings is 1. The van der Waals surface area contributed by atoms with Crippen molar-refractivity contribution < 1.29 is 19.1 Å². The summed E-state index contributed by atoms with van der Waals surface area (Å²) < 4.78 is 10.7. The van der Waals surface area contributed by atoms with Crippen LogP contribution in [0.1, 0.15) is 26.4 Å². The van der Waals surface area contributed by atoms with E-state index in [0.29, 0.717) is 22.2 Å². The maximum atomic E-state index is 12.1. The van der Waals surface area contributed by atoms with Gasteiger partial charge < -0.3 is 9.47 Å². The van der Waals surface area contributed by atoms with Crippen molar-refractivity contribution in [2.75, 3.05) is 19.0 Å². The lowest BCUT2D eigenvalue weighted by atomic mass is 10.1. The Morgan fingerprint density at radius 2 is 1.96 bits per heavy atom. The molecule has 0 fully saturated rings. The highest BCUT2D eigenvalue weighted by atomic mass is 32.1. The molecule has 7 heteroatoms. The van der Waals surface area contributed by atoms with E-state index in [4.69, 9.17) is 9.47 Å². The van der Waals surface area contributed by atoms with Gasteiger partial charge in [-0.1, -0.05) is 29.8 Å². The average molecular weight is 396 g/mol. The van der Waals surface area contributed by atoms with Crippen LogP contribution in [0.25, 0.3) is 0 Å². The second kappa shape index (κ2) is 9.14. The summed E-state index contributed by atoms with van der Waals surface area (Å²) in [5, 5.41) is 3.26. The molecule has 2 aromatic carbocycles. The lowest BCUT2D eigenvalue weighted by molar-refractivity contribution is -0.118. The molecule has 0 spiro atoms. The molecular formula is C21H20N2O4S. The van der Waals surface area contributed by atoms with Gasteiger partial charge in [-0.05, 0) is 30.7 Å². The number of methoxy groups -OCH3 is 1. The molecule has 1 N–H and O–H groups in total. The highest BCUT2D eigenvalue weighted by Gasteiger charge is 2.11. The number of aromatic nitrogens is 1. The minimum absolute atomic E-state index is 0.191. The molecule has 0 aliphatic heterocycles. The van der Waals surface area contributed by atoms with Crippen molar-refractivity contribution in [3.8, 4) is 11.5 Å². The zero-order valence-corrected chi connectivity index (χ0v) is 16.4. The Hall–Kier alpha value is -3.19. The third kappa shape index (κ3) is 5.17. The van der Waals surface area contributed by atoms with Crippen molar-refractivity contribution in [1.82, 2.24) is 4.98 Å². The van der Waals surface area contributed by atoms with Gasteiger partial charge in [-0.2, -0.15) is 0 Å². The number of ether oxygens (including phenoxy) is 2. The summed E-state index contributed by atoms with van der Waals surface area (Å²) in [4.78, 5) is 28.3.